The van der Waals surface area contributed by atoms with Crippen LogP contribution in [0.4, 0.5) is 0 Å². The summed E-state index contributed by atoms with van der Waals surface area (Å²) in [5.41, 5.74) is 0.223. The van der Waals surface area contributed by atoms with Crippen LogP contribution in [-0.4, -0.2) is 58.4 Å². The summed E-state index contributed by atoms with van der Waals surface area (Å²) in [5, 5.41) is 5.62. The lowest BCUT2D eigenvalue weighted by Crippen LogP contribution is -2.46. The molecule has 8 nitrogen and oxygen atoms in total. The number of rotatable bonds is 6. The molecular formula is C19H21Cl2N5O3. The van der Waals surface area contributed by atoms with Crippen molar-refractivity contribution in [2.24, 2.45) is 0 Å². The number of aromatic nitrogens is 2. The van der Waals surface area contributed by atoms with Crippen LogP contribution in [-0.2, 0) is 9.59 Å². The number of benzene rings is 1. The van der Waals surface area contributed by atoms with E-state index < -0.39 is 11.8 Å². The molecule has 0 radical (unpaired) electrons. The third kappa shape index (κ3) is 5.71. The van der Waals surface area contributed by atoms with Crippen molar-refractivity contribution < 1.29 is 14.4 Å². The molecular weight excluding hydrogens is 417 g/mol. The number of likely N-dealkylation sites (tertiary alicyclic amines) is 1. The molecule has 154 valence electrons. The van der Waals surface area contributed by atoms with E-state index in [0.29, 0.717) is 24.2 Å². The topological polar surface area (TPSA) is 96.3 Å². The van der Waals surface area contributed by atoms with E-state index in [4.69, 9.17) is 23.2 Å². The van der Waals surface area contributed by atoms with Crippen LogP contribution in [0.1, 0.15) is 29.2 Å². The number of carbonyl (C=O) groups excluding carboxylic acids is 3. The van der Waals surface area contributed by atoms with Crippen molar-refractivity contribution >= 4 is 40.9 Å². The second-order valence-corrected chi connectivity index (χ2v) is 7.55. The monoisotopic (exact) mass is 437 g/mol. The zero-order chi connectivity index (χ0) is 20.8. The van der Waals surface area contributed by atoms with Gasteiger partial charge < -0.3 is 20.1 Å². The van der Waals surface area contributed by atoms with Crippen molar-refractivity contribution in [3.8, 4) is 0 Å². The fraction of sp³-hybridized carbons (Fsp3) is 0.368. The van der Waals surface area contributed by atoms with E-state index >= 15 is 0 Å². The zero-order valence-electron chi connectivity index (χ0n) is 15.6. The van der Waals surface area contributed by atoms with Gasteiger partial charge in [-0.1, -0.05) is 23.2 Å². The Bertz CT molecular complexity index is 880. The smallest absolute Gasteiger partial charge is 0.253 e. The lowest BCUT2D eigenvalue weighted by molar-refractivity contribution is -0.133. The Labute approximate surface area is 178 Å². The van der Waals surface area contributed by atoms with Gasteiger partial charge >= 0.3 is 0 Å². The summed E-state index contributed by atoms with van der Waals surface area (Å²) in [6.07, 6.45) is 7.14. The molecule has 0 atom stereocenters. The summed E-state index contributed by atoms with van der Waals surface area (Å²) in [5.74, 6) is -1.09. The second kappa shape index (κ2) is 9.76. The first kappa shape index (κ1) is 21.1. The van der Waals surface area contributed by atoms with Gasteiger partial charge in [-0.2, -0.15) is 0 Å². The highest BCUT2D eigenvalue weighted by Gasteiger charge is 2.23. The van der Waals surface area contributed by atoms with Crippen LogP contribution in [0.2, 0.25) is 10.0 Å². The van der Waals surface area contributed by atoms with E-state index in [-0.39, 0.29) is 29.6 Å². The molecule has 2 aromatic rings. The predicted molar refractivity (Wildman–Crippen MR) is 109 cm³/mol. The summed E-state index contributed by atoms with van der Waals surface area (Å²) in [6.45, 7) is 0.895. The van der Waals surface area contributed by atoms with Gasteiger partial charge in [0, 0.05) is 36.5 Å². The Balaban J connectivity index is 1.38. The molecule has 2 heterocycles. The summed E-state index contributed by atoms with van der Waals surface area (Å²) in [6, 6.07) is 4.81. The molecule has 0 aliphatic carbocycles. The lowest BCUT2D eigenvalue weighted by atomic mass is 10.0. The Morgan fingerprint density at radius 3 is 2.52 bits per heavy atom. The van der Waals surface area contributed by atoms with Gasteiger partial charge in [0.05, 0.1) is 30.0 Å². The number of amides is 3. The van der Waals surface area contributed by atoms with Crippen molar-refractivity contribution in [3.05, 3.63) is 52.5 Å². The average molecular weight is 438 g/mol. The molecule has 2 N–H and O–H groups in total. The van der Waals surface area contributed by atoms with Crippen molar-refractivity contribution in [3.63, 3.8) is 0 Å². The molecule has 0 saturated carbocycles. The first-order valence-electron chi connectivity index (χ1n) is 9.19. The molecule has 1 fully saturated rings. The lowest BCUT2D eigenvalue weighted by Gasteiger charge is -2.32. The summed E-state index contributed by atoms with van der Waals surface area (Å²) in [4.78, 5) is 42.1. The third-order valence-electron chi connectivity index (χ3n) is 4.79. The third-order valence-corrected chi connectivity index (χ3v) is 5.33. The Morgan fingerprint density at radius 2 is 1.86 bits per heavy atom. The van der Waals surface area contributed by atoms with Crippen LogP contribution < -0.4 is 10.6 Å². The van der Waals surface area contributed by atoms with E-state index in [1.807, 2.05) is 6.20 Å². The molecule has 3 amide bonds. The van der Waals surface area contributed by atoms with E-state index in [2.05, 4.69) is 20.2 Å². The number of piperidine rings is 1. The minimum absolute atomic E-state index is 0.105. The quantitative estimate of drug-likeness (QED) is 0.720. The number of nitrogens with zero attached hydrogens (tertiary/aromatic N) is 3. The van der Waals surface area contributed by atoms with Gasteiger partial charge in [0.15, 0.2) is 0 Å². The average Bonchev–Trinajstić information content (AvgIpc) is 3.25. The fourth-order valence-corrected chi connectivity index (χ4v) is 3.67. The van der Waals surface area contributed by atoms with Gasteiger partial charge in [-0.05, 0) is 31.0 Å². The second-order valence-electron chi connectivity index (χ2n) is 6.71. The van der Waals surface area contributed by atoms with Crippen molar-refractivity contribution in [1.82, 2.24) is 25.1 Å². The number of halogens is 2. The summed E-state index contributed by atoms with van der Waals surface area (Å²) in [7, 11) is 0. The van der Waals surface area contributed by atoms with E-state index in [9.17, 15) is 14.4 Å². The highest BCUT2D eigenvalue weighted by Crippen LogP contribution is 2.22. The molecule has 0 unspecified atom stereocenters. The van der Waals surface area contributed by atoms with Crippen LogP contribution in [0.5, 0.6) is 0 Å². The Morgan fingerprint density at radius 1 is 1.10 bits per heavy atom. The molecule has 0 spiro atoms. The van der Waals surface area contributed by atoms with Crippen LogP contribution in [0.15, 0.2) is 36.9 Å². The zero-order valence-corrected chi connectivity index (χ0v) is 17.1. The van der Waals surface area contributed by atoms with E-state index in [1.165, 1.54) is 18.2 Å². The Hall–Kier alpha value is -2.58. The highest BCUT2D eigenvalue weighted by molar-refractivity contribution is 6.36. The Kier molecular flexibility index (Phi) is 7.11. The normalized spacial score (nSPS) is 14.5. The summed E-state index contributed by atoms with van der Waals surface area (Å²) < 4.78 is 2.05. The fourth-order valence-electron chi connectivity index (χ4n) is 3.18. The van der Waals surface area contributed by atoms with Gasteiger partial charge in [0.25, 0.3) is 5.91 Å². The minimum Gasteiger partial charge on any atom is -0.345 e. The number of hydrogen-bond donors (Lipinski definition) is 2. The van der Waals surface area contributed by atoms with Gasteiger partial charge in [-0.3, -0.25) is 14.4 Å². The number of carbonyl (C=O) groups is 3. The molecule has 1 aromatic carbocycles. The minimum atomic E-state index is -0.491. The van der Waals surface area contributed by atoms with Gasteiger partial charge in [0.2, 0.25) is 11.8 Å². The molecule has 1 aromatic heterocycles. The number of imidazole rings is 1. The van der Waals surface area contributed by atoms with Crippen LogP contribution in [0, 0.1) is 0 Å². The largest absolute Gasteiger partial charge is 0.345 e. The molecule has 3 rings (SSSR count). The van der Waals surface area contributed by atoms with Gasteiger partial charge in [-0.25, -0.2) is 4.98 Å². The van der Waals surface area contributed by atoms with E-state index in [0.717, 1.165) is 12.8 Å². The maximum atomic E-state index is 12.3. The van der Waals surface area contributed by atoms with Gasteiger partial charge in [-0.15, -0.1) is 0 Å². The molecule has 1 aliphatic rings. The summed E-state index contributed by atoms with van der Waals surface area (Å²) >= 11 is 11.8. The van der Waals surface area contributed by atoms with Crippen molar-refractivity contribution in [1.29, 1.82) is 0 Å². The molecule has 1 saturated heterocycles. The van der Waals surface area contributed by atoms with Crippen molar-refractivity contribution in [2.45, 2.75) is 18.9 Å². The van der Waals surface area contributed by atoms with Crippen LogP contribution in [0.3, 0.4) is 0 Å². The number of nitrogens with one attached hydrogen (secondary N) is 2. The van der Waals surface area contributed by atoms with Crippen molar-refractivity contribution in [2.75, 3.05) is 26.2 Å². The first-order chi connectivity index (χ1) is 13.9. The van der Waals surface area contributed by atoms with Gasteiger partial charge in [0.1, 0.15) is 0 Å². The maximum Gasteiger partial charge on any atom is 0.253 e. The molecule has 1 aliphatic heterocycles. The highest BCUT2D eigenvalue weighted by atomic mass is 35.5. The first-order valence-corrected chi connectivity index (χ1v) is 9.95. The van der Waals surface area contributed by atoms with E-state index in [1.54, 1.807) is 17.4 Å². The molecule has 10 heteroatoms. The van der Waals surface area contributed by atoms with Crippen LogP contribution in [0.25, 0.3) is 0 Å². The maximum absolute atomic E-state index is 12.3. The SMILES string of the molecule is O=C(CNC(=O)c1ccc(Cl)cc1Cl)NCC(=O)N1CCC(n2ccnc2)CC1. The standard InChI is InChI=1S/C19H21Cl2N5O3/c20-13-1-2-15(16(21)9-13)19(29)24-10-17(27)23-11-18(28)25-6-3-14(4-7-25)26-8-5-22-12-26/h1-2,5,8-9,12,14H,3-4,6-7,10-11H2,(H,23,27)(H,24,29). The predicted octanol–water partition coefficient (Wildman–Crippen LogP) is 1.90. The molecule has 0 bridgehead atoms. The molecule has 29 heavy (non-hydrogen) atoms. The number of hydrogen-bond acceptors (Lipinski definition) is 4. The van der Waals surface area contributed by atoms with Crippen LogP contribution >= 0.6 is 23.2 Å².